The van der Waals surface area contributed by atoms with Gasteiger partial charge in [-0.15, -0.1) is 0 Å². The molecule has 0 atom stereocenters. The van der Waals surface area contributed by atoms with Gasteiger partial charge in [0.05, 0.1) is 6.61 Å². The second kappa shape index (κ2) is 8.16. The highest BCUT2D eigenvalue weighted by molar-refractivity contribution is 6.48. The molecule has 1 rings (SSSR count). The summed E-state index contributed by atoms with van der Waals surface area (Å²) in [5.74, 6) is 0. The van der Waals surface area contributed by atoms with Crippen molar-refractivity contribution in [3.8, 4) is 0 Å². The van der Waals surface area contributed by atoms with Crippen LogP contribution in [-0.4, -0.2) is 24.8 Å². The van der Waals surface area contributed by atoms with Gasteiger partial charge in [0.15, 0.2) is 0 Å². The van der Waals surface area contributed by atoms with Gasteiger partial charge in [-0.25, -0.2) is 0 Å². The van der Waals surface area contributed by atoms with Crippen molar-refractivity contribution in [3.05, 3.63) is 35.9 Å². The zero-order chi connectivity index (χ0) is 12.5. The van der Waals surface area contributed by atoms with Crippen LogP contribution in [0.15, 0.2) is 30.3 Å². The fraction of sp³-hybridized carbons (Fsp3) is 0.455. The second-order valence-corrected chi connectivity index (χ2v) is 7.16. The minimum absolute atomic E-state index is 0.426. The minimum atomic E-state index is -2.48. The number of hydrogen-bond acceptors (Lipinski definition) is 4. The number of hydrogen-bond donors (Lipinski definition) is 0. The monoisotopic (exact) mass is 270 g/mol. The van der Waals surface area contributed by atoms with E-state index < -0.39 is 18.2 Å². The molecule has 0 amide bonds. The summed E-state index contributed by atoms with van der Waals surface area (Å²) in [5, 5.41) is 0. The van der Waals surface area contributed by atoms with Gasteiger partial charge in [0.1, 0.15) is 0 Å². The molecule has 1 aromatic rings. The van der Waals surface area contributed by atoms with Crippen LogP contribution in [0.1, 0.15) is 12.0 Å². The molecule has 0 radical (unpaired) electrons. The maximum absolute atomic E-state index is 11.2. The zero-order valence-electron chi connectivity index (χ0n) is 10.2. The van der Waals surface area contributed by atoms with Crippen LogP contribution in [0.5, 0.6) is 0 Å². The molecular weight excluding hydrogens is 252 g/mol. The predicted molar refractivity (Wildman–Crippen MR) is 68.2 cm³/mol. The Kier molecular flexibility index (Phi) is 6.75. The molecular formula is C11H18O4Si2. The molecule has 17 heavy (non-hydrogen) atoms. The Morgan fingerprint density at radius 1 is 1.24 bits per heavy atom. The van der Waals surface area contributed by atoms with Gasteiger partial charge in [-0.05, 0) is 31.5 Å². The molecule has 1 aromatic carbocycles. The Balaban J connectivity index is 2.06. The van der Waals surface area contributed by atoms with E-state index in [1.165, 1.54) is 5.56 Å². The Morgan fingerprint density at radius 2 is 1.94 bits per heavy atom. The van der Waals surface area contributed by atoms with Crippen LogP contribution < -0.4 is 0 Å². The third-order valence-corrected chi connectivity index (χ3v) is 3.33. The van der Waals surface area contributed by atoms with Gasteiger partial charge in [0.25, 0.3) is 0 Å². The van der Waals surface area contributed by atoms with E-state index in [4.69, 9.17) is 9.00 Å². The average Bonchev–Trinajstić information content (AvgIpc) is 2.33. The number of benzene rings is 1. The van der Waals surface area contributed by atoms with Crippen molar-refractivity contribution in [1.29, 1.82) is 0 Å². The average molecular weight is 270 g/mol. The maximum atomic E-state index is 11.2. The van der Waals surface area contributed by atoms with E-state index in [1.54, 1.807) is 0 Å². The molecule has 0 bridgehead atoms. The molecule has 0 aliphatic rings. The number of rotatable bonds is 8. The largest absolute Gasteiger partial charge is 0.800 e. The third kappa shape index (κ3) is 7.03. The topological polar surface area (TPSA) is 44.8 Å². The van der Waals surface area contributed by atoms with Crippen molar-refractivity contribution in [2.75, 3.05) is 6.61 Å². The van der Waals surface area contributed by atoms with Gasteiger partial charge in [-0.3, -0.25) is 9.04 Å². The molecule has 0 saturated carbocycles. The summed E-state index contributed by atoms with van der Waals surface area (Å²) in [4.78, 5) is 0. The summed E-state index contributed by atoms with van der Waals surface area (Å²) >= 11 is 0. The van der Waals surface area contributed by atoms with E-state index in [2.05, 4.69) is 16.7 Å². The Hall–Kier alpha value is -0.986. The van der Waals surface area contributed by atoms with Crippen LogP contribution >= 0.6 is 0 Å². The van der Waals surface area contributed by atoms with Crippen LogP contribution in [0, 0.1) is 0 Å². The first-order valence-electron chi connectivity index (χ1n) is 5.72. The second-order valence-electron chi connectivity index (χ2n) is 3.92. The summed E-state index contributed by atoms with van der Waals surface area (Å²) < 4.78 is 25.7. The van der Waals surface area contributed by atoms with Crippen LogP contribution in [0.3, 0.4) is 0 Å². The fourth-order valence-corrected chi connectivity index (χ4v) is 2.68. The molecule has 4 nitrogen and oxygen atoms in total. The van der Waals surface area contributed by atoms with Crippen molar-refractivity contribution < 1.29 is 18.0 Å². The molecule has 0 heterocycles. The van der Waals surface area contributed by atoms with Gasteiger partial charge < -0.3 is 9.00 Å². The van der Waals surface area contributed by atoms with Gasteiger partial charge in [-0.1, -0.05) is 30.3 Å². The highest BCUT2D eigenvalue weighted by atomic mass is 28.3. The van der Waals surface area contributed by atoms with E-state index in [1.807, 2.05) is 31.3 Å². The van der Waals surface area contributed by atoms with Crippen molar-refractivity contribution in [2.24, 2.45) is 0 Å². The van der Waals surface area contributed by atoms with Crippen molar-refractivity contribution in [1.82, 2.24) is 0 Å². The molecule has 0 fully saturated rings. The van der Waals surface area contributed by atoms with Gasteiger partial charge in [0, 0.05) is 0 Å². The SMILES string of the molecule is C[SiH](C)OO[Si](=O)OCCCc1ccccc1. The van der Waals surface area contributed by atoms with Gasteiger partial charge >= 0.3 is 9.17 Å². The Labute approximate surface area is 105 Å². The molecule has 0 saturated heterocycles. The molecule has 94 valence electrons. The lowest BCUT2D eigenvalue weighted by Gasteiger charge is -2.06. The van der Waals surface area contributed by atoms with Crippen LogP contribution in [0.25, 0.3) is 0 Å². The minimum Gasteiger partial charge on any atom is -0.495 e. The molecule has 0 spiro atoms. The maximum Gasteiger partial charge on any atom is 0.800 e. The molecule has 0 aliphatic heterocycles. The summed E-state index contributed by atoms with van der Waals surface area (Å²) in [6, 6.07) is 10.1. The summed E-state index contributed by atoms with van der Waals surface area (Å²) in [5.41, 5.74) is 1.25. The van der Waals surface area contributed by atoms with E-state index >= 15 is 0 Å². The fourth-order valence-electron chi connectivity index (χ4n) is 1.24. The van der Waals surface area contributed by atoms with Crippen molar-refractivity contribution >= 4 is 18.2 Å². The highest BCUT2D eigenvalue weighted by Crippen LogP contribution is 2.02. The van der Waals surface area contributed by atoms with E-state index in [0.717, 1.165) is 12.8 Å². The zero-order valence-corrected chi connectivity index (χ0v) is 12.4. The first-order chi connectivity index (χ1) is 8.18. The van der Waals surface area contributed by atoms with Crippen LogP contribution in [0.4, 0.5) is 0 Å². The van der Waals surface area contributed by atoms with Crippen molar-refractivity contribution in [2.45, 2.75) is 25.9 Å². The lowest BCUT2D eigenvalue weighted by molar-refractivity contribution is -0.135. The molecule has 0 unspecified atom stereocenters. The van der Waals surface area contributed by atoms with E-state index in [9.17, 15) is 4.46 Å². The lowest BCUT2D eigenvalue weighted by Crippen LogP contribution is -2.18. The predicted octanol–water partition coefficient (Wildman–Crippen LogP) is 1.98. The summed E-state index contributed by atoms with van der Waals surface area (Å²) in [6.45, 7) is 4.30. The first-order valence-corrected chi connectivity index (χ1v) is 9.73. The first kappa shape index (κ1) is 14.1. The highest BCUT2D eigenvalue weighted by Gasteiger charge is 2.13. The number of aryl methyl sites for hydroxylation is 1. The van der Waals surface area contributed by atoms with Crippen LogP contribution in [0.2, 0.25) is 13.1 Å². The summed E-state index contributed by atoms with van der Waals surface area (Å²) in [7, 11) is -3.77. The van der Waals surface area contributed by atoms with E-state index in [-0.39, 0.29) is 0 Å². The normalized spacial score (nSPS) is 10.3. The molecule has 6 heteroatoms. The van der Waals surface area contributed by atoms with Crippen molar-refractivity contribution in [3.63, 3.8) is 0 Å². The molecule has 0 aliphatic carbocycles. The molecule has 0 N–H and O–H groups in total. The molecule has 0 aromatic heterocycles. The smallest absolute Gasteiger partial charge is 0.495 e. The Morgan fingerprint density at radius 3 is 2.59 bits per heavy atom. The lowest BCUT2D eigenvalue weighted by atomic mass is 10.1. The van der Waals surface area contributed by atoms with Gasteiger partial charge in [-0.2, -0.15) is 0 Å². The van der Waals surface area contributed by atoms with Gasteiger partial charge in [0.2, 0.25) is 9.04 Å². The van der Waals surface area contributed by atoms with Crippen LogP contribution in [-0.2, 0) is 24.5 Å². The van der Waals surface area contributed by atoms with E-state index in [0.29, 0.717) is 6.61 Å². The quantitative estimate of drug-likeness (QED) is 0.314. The Bertz CT molecular complexity index is 330. The third-order valence-electron chi connectivity index (χ3n) is 1.98. The summed E-state index contributed by atoms with van der Waals surface area (Å²) in [6.07, 6.45) is 1.73. The standard InChI is InChI=1S/C11H18O4Si2/c1-16(2)14-15-17(12)13-10-6-9-11-7-4-3-5-8-11/h3-5,7-8,16H,6,9-10H2,1-2H3.